The molecule has 1 saturated heterocycles. The van der Waals surface area contributed by atoms with Crippen molar-refractivity contribution in [3.8, 4) is 5.75 Å². The summed E-state index contributed by atoms with van der Waals surface area (Å²) < 4.78 is 11.6. The molecule has 0 spiro atoms. The van der Waals surface area contributed by atoms with Gasteiger partial charge in [-0.1, -0.05) is 60.1 Å². The number of likely N-dealkylation sites (N-methyl/N-ethyl adjacent to an activating group) is 1. The predicted molar refractivity (Wildman–Crippen MR) is 327 cm³/mol. The quantitative estimate of drug-likeness (QED) is 0.0138. The fraction of sp³-hybridized carbons (Fsp3) is 0.419. The molecule has 23 nitrogen and oxygen atoms in total. The van der Waals surface area contributed by atoms with Crippen LogP contribution in [0, 0.1) is 5.92 Å². The van der Waals surface area contributed by atoms with E-state index in [-0.39, 0.29) is 100 Å². The lowest BCUT2D eigenvalue weighted by atomic mass is 9.95. The molecule has 5 aromatic rings. The second-order valence-corrected chi connectivity index (χ2v) is 22.6. The Hall–Kier alpha value is -8.32. The molecule has 86 heavy (non-hydrogen) atoms. The highest BCUT2D eigenvalue weighted by atomic mass is 79.9. The van der Waals surface area contributed by atoms with E-state index in [1.165, 1.54) is 0 Å². The minimum Gasteiger partial charge on any atom is -0.409 e. The molecule has 1 aromatic heterocycles. The van der Waals surface area contributed by atoms with Crippen molar-refractivity contribution in [3.05, 3.63) is 113 Å². The van der Waals surface area contributed by atoms with E-state index >= 15 is 0 Å². The first-order chi connectivity index (χ1) is 41.4. The summed E-state index contributed by atoms with van der Waals surface area (Å²) in [6.07, 6.45) is 3.19. The van der Waals surface area contributed by atoms with Gasteiger partial charge in [0, 0.05) is 135 Å². The number of nitrogens with two attached hydrogens (primary N) is 1. The molecule has 24 heteroatoms. The summed E-state index contributed by atoms with van der Waals surface area (Å²) in [4.78, 5) is 138. The number of benzene rings is 4. The van der Waals surface area contributed by atoms with E-state index in [2.05, 4.69) is 52.4 Å². The number of hydrogen-bond donors (Lipinski definition) is 7. The average molecular weight is 1250 g/mol. The zero-order chi connectivity index (χ0) is 61.4. The van der Waals surface area contributed by atoms with Crippen LogP contribution >= 0.6 is 15.9 Å². The molecule has 4 heterocycles. The van der Waals surface area contributed by atoms with Crippen LogP contribution in [0.25, 0.3) is 21.7 Å². The molecule has 8 rings (SSSR count). The van der Waals surface area contributed by atoms with E-state index in [9.17, 15) is 47.9 Å². The van der Waals surface area contributed by atoms with E-state index in [0.717, 1.165) is 57.4 Å². The number of nitrogens with zero attached hydrogens (tertiary/aromatic N) is 4. The number of fused-ring (bicyclic) bond motifs is 4. The Balaban J connectivity index is 0.816. The van der Waals surface area contributed by atoms with Crippen molar-refractivity contribution in [1.29, 1.82) is 0 Å². The number of anilines is 2. The molecule has 0 saturated carbocycles. The molecule has 0 unspecified atom stereocenters. The summed E-state index contributed by atoms with van der Waals surface area (Å²) >= 11 is 3.69. The van der Waals surface area contributed by atoms with Gasteiger partial charge in [0.1, 0.15) is 23.3 Å². The maximum atomic E-state index is 14.5. The Bertz CT molecular complexity index is 3360. The van der Waals surface area contributed by atoms with Gasteiger partial charge in [-0.15, -0.1) is 0 Å². The molecule has 3 aliphatic rings. The first-order valence-corrected chi connectivity index (χ1v) is 30.1. The van der Waals surface area contributed by atoms with Crippen LogP contribution in [0.4, 0.5) is 21.0 Å². The van der Waals surface area contributed by atoms with E-state index in [1.54, 1.807) is 46.2 Å². The van der Waals surface area contributed by atoms with Gasteiger partial charge in [0.2, 0.25) is 17.7 Å². The summed E-state index contributed by atoms with van der Waals surface area (Å²) in [7, 11) is 2.02. The number of ether oxygens (including phenoxy) is 2. The summed E-state index contributed by atoms with van der Waals surface area (Å²) in [6, 6.07) is 20.9. The number of halogens is 1. The van der Waals surface area contributed by atoms with Gasteiger partial charge < -0.3 is 61.5 Å². The van der Waals surface area contributed by atoms with Crippen LogP contribution in [0.3, 0.4) is 0 Å². The molecule has 0 aliphatic carbocycles. The minimum atomic E-state index is -1.02. The van der Waals surface area contributed by atoms with Crippen LogP contribution in [0.1, 0.15) is 90.3 Å². The Kier molecular flexibility index (Phi) is 22.3. The maximum absolute atomic E-state index is 14.5. The number of H-pyrrole nitrogens is 1. The SMILES string of the molecule is CC(C)[C@H](NCCCC(=O)CCOCCNC(=O)CCN1C(=O)C=CC1=O)C(=O)N[C@@H](CCCNC(N)=O)C(=O)Nc1ccc(C(=O)Cc2ccc3[nH]c(C(=O)N4C[C@@H](CBr)c5c4cc(OC(=O)N4CCN(C)CC4)c4ccccc54)cc3c2)cc1. The van der Waals surface area contributed by atoms with Crippen LogP contribution in [0.2, 0.25) is 0 Å². The number of primary amides is 1. The van der Waals surface area contributed by atoms with E-state index in [1.807, 2.05) is 63.4 Å². The molecule has 9 amide bonds. The number of nitrogens with one attached hydrogen (secondary N) is 6. The van der Waals surface area contributed by atoms with Crippen molar-refractivity contribution in [1.82, 2.24) is 41.0 Å². The van der Waals surface area contributed by atoms with Crippen molar-refractivity contribution in [3.63, 3.8) is 0 Å². The van der Waals surface area contributed by atoms with Gasteiger partial charge in [-0.25, -0.2) is 9.59 Å². The minimum absolute atomic E-state index is 0.0198. The van der Waals surface area contributed by atoms with Crippen molar-refractivity contribution in [2.75, 3.05) is 94.7 Å². The molecule has 0 bridgehead atoms. The van der Waals surface area contributed by atoms with Crippen molar-refractivity contribution in [2.45, 2.75) is 76.8 Å². The van der Waals surface area contributed by atoms with Gasteiger partial charge in [-0.2, -0.15) is 0 Å². The van der Waals surface area contributed by atoms with Crippen molar-refractivity contribution in [2.24, 2.45) is 11.7 Å². The smallest absolute Gasteiger partial charge is 0.409 e. The third kappa shape index (κ3) is 16.8. The molecule has 8 N–H and O–H groups in total. The molecule has 1 fully saturated rings. The number of carbonyl (C=O) groups excluding carboxylic acids is 10. The molecule has 3 atom stereocenters. The van der Waals surface area contributed by atoms with Gasteiger partial charge in [0.15, 0.2) is 5.78 Å². The van der Waals surface area contributed by atoms with Gasteiger partial charge in [0.05, 0.1) is 24.9 Å². The number of rotatable bonds is 29. The Labute approximate surface area is 506 Å². The number of urea groups is 1. The number of aromatic nitrogens is 1. The number of imide groups is 1. The first-order valence-electron chi connectivity index (χ1n) is 29.0. The number of carbonyl (C=O) groups is 10. The number of ketones is 2. The Morgan fingerprint density at radius 1 is 0.791 bits per heavy atom. The third-order valence-corrected chi connectivity index (χ3v) is 16.2. The molecule has 4 aromatic carbocycles. The first kappa shape index (κ1) is 63.7. The van der Waals surface area contributed by atoms with Crippen LogP contribution in [0.15, 0.2) is 91.0 Å². The molecule has 0 radical (unpaired) electrons. The zero-order valence-corrected chi connectivity index (χ0v) is 50.1. The van der Waals surface area contributed by atoms with Crippen molar-refractivity contribution >= 4 is 108 Å². The average Bonchev–Trinajstić information content (AvgIpc) is 1.92. The highest BCUT2D eigenvalue weighted by molar-refractivity contribution is 9.09. The monoisotopic (exact) mass is 1240 g/mol. The van der Waals surface area contributed by atoms with Gasteiger partial charge in [0.25, 0.3) is 17.7 Å². The largest absolute Gasteiger partial charge is 0.415 e. The molecular formula is C62H74BrN11O12. The van der Waals surface area contributed by atoms with Crippen LogP contribution in [0.5, 0.6) is 5.75 Å². The summed E-state index contributed by atoms with van der Waals surface area (Å²) in [5, 5.41) is 17.1. The van der Waals surface area contributed by atoms with Gasteiger partial charge in [-0.3, -0.25) is 43.3 Å². The molecule has 3 aliphatic heterocycles. The fourth-order valence-corrected chi connectivity index (χ4v) is 11.2. The van der Waals surface area contributed by atoms with E-state index in [4.69, 9.17) is 15.2 Å². The zero-order valence-electron chi connectivity index (χ0n) is 48.5. The Morgan fingerprint density at radius 3 is 2.23 bits per heavy atom. The second kappa shape index (κ2) is 30.2. The van der Waals surface area contributed by atoms with Crippen molar-refractivity contribution < 1.29 is 57.4 Å². The normalized spacial score (nSPS) is 15.7. The predicted octanol–water partition coefficient (Wildman–Crippen LogP) is 5.30. The fourth-order valence-electron chi connectivity index (χ4n) is 10.6. The van der Waals surface area contributed by atoms with Gasteiger partial charge >= 0.3 is 12.1 Å². The number of alkyl halides is 1. The number of Topliss-reactive ketones (excluding diaryl/α,β-unsaturated/α-hetero) is 2. The van der Waals surface area contributed by atoms with Crippen LogP contribution in [-0.4, -0.2) is 175 Å². The lowest BCUT2D eigenvalue weighted by Gasteiger charge is -2.31. The standard InChI is InChI=1S/C62H74BrN11O12/c1-38(2)57(66-22-6-8-44(75)21-30-85-31-24-65-53(77)20-25-73-54(78)18-19-55(73)79)59(81)70-48(11-7-23-67-61(64)83)58(80)68-43-15-13-40(14-16-43)51(76)33-39-12-17-47-41(32-39)34-49(69-47)60(82)74-37-42(36-63)56-46-10-5-4-9-45(46)52(35-50(56)74)86-62(84)72-28-26-71(3)27-29-72/h4-5,9-10,12-19,32,34-35,38,42,48,57,66,69H,6-8,11,20-31,33,36-37H2,1-3H3,(H,65,77)(H,68,80)(H,70,81)(H3,64,67,83)/t42-,48+,57+/m1/s1. The summed E-state index contributed by atoms with van der Waals surface area (Å²) in [5.74, 6) is -2.52. The highest BCUT2D eigenvalue weighted by Crippen LogP contribution is 2.46. The topological polar surface area (TPSA) is 304 Å². The number of amides is 9. The molecular weight excluding hydrogens is 1170 g/mol. The lowest BCUT2D eigenvalue weighted by Crippen LogP contribution is -2.53. The number of piperazine rings is 1. The van der Waals surface area contributed by atoms with Gasteiger partial charge in [-0.05, 0) is 97.8 Å². The Morgan fingerprint density at radius 2 is 1.52 bits per heavy atom. The maximum Gasteiger partial charge on any atom is 0.415 e. The summed E-state index contributed by atoms with van der Waals surface area (Å²) in [6.45, 7) is 7.71. The summed E-state index contributed by atoms with van der Waals surface area (Å²) in [5.41, 5.74) is 9.50. The van der Waals surface area contributed by atoms with Crippen LogP contribution < -0.4 is 42.0 Å². The highest BCUT2D eigenvalue weighted by Gasteiger charge is 2.37. The second-order valence-electron chi connectivity index (χ2n) is 22.0. The van der Waals surface area contributed by atoms with E-state index in [0.29, 0.717) is 78.2 Å². The number of hydrogen-bond acceptors (Lipinski definition) is 14. The lowest BCUT2D eigenvalue weighted by molar-refractivity contribution is -0.137. The third-order valence-electron chi connectivity index (χ3n) is 15.4. The van der Waals surface area contributed by atoms with Crippen LogP contribution in [-0.2, 0) is 39.9 Å². The molecule has 456 valence electrons. The number of aromatic amines is 1. The van der Waals surface area contributed by atoms with E-state index < -0.39 is 47.8 Å².